The molecule has 1 saturated carbocycles. The SMILES string of the molecule is CCCC1CCCC(C#N)(Nc2ccc(Cl)c(Br)c2)CC1. The number of benzene rings is 1. The van der Waals surface area contributed by atoms with Gasteiger partial charge in [0.15, 0.2) is 0 Å². The topological polar surface area (TPSA) is 35.8 Å². The lowest BCUT2D eigenvalue weighted by atomic mass is 9.90. The van der Waals surface area contributed by atoms with Crippen molar-refractivity contribution in [1.29, 1.82) is 5.26 Å². The Balaban J connectivity index is 2.10. The minimum atomic E-state index is -0.435. The fourth-order valence-electron chi connectivity index (χ4n) is 3.22. The van der Waals surface area contributed by atoms with E-state index in [0.717, 1.165) is 41.8 Å². The highest BCUT2D eigenvalue weighted by Crippen LogP contribution is 2.35. The molecule has 0 spiro atoms. The van der Waals surface area contributed by atoms with Gasteiger partial charge in [0.25, 0.3) is 0 Å². The van der Waals surface area contributed by atoms with E-state index in [9.17, 15) is 5.26 Å². The second-order valence-electron chi connectivity index (χ2n) is 6.03. The van der Waals surface area contributed by atoms with Crippen LogP contribution in [-0.4, -0.2) is 5.54 Å². The molecule has 1 N–H and O–H groups in total. The summed E-state index contributed by atoms with van der Waals surface area (Å²) in [5, 5.41) is 13.9. The van der Waals surface area contributed by atoms with Gasteiger partial charge in [-0.25, -0.2) is 0 Å². The molecule has 0 amide bonds. The van der Waals surface area contributed by atoms with Crippen molar-refractivity contribution in [1.82, 2.24) is 0 Å². The van der Waals surface area contributed by atoms with Gasteiger partial charge in [-0.05, 0) is 65.7 Å². The number of nitrogens with one attached hydrogen (secondary N) is 1. The molecule has 2 atom stereocenters. The standard InChI is InChI=1S/C17H22BrClN2/c1-2-4-13-5-3-9-17(12-20,10-8-13)21-14-6-7-16(19)15(18)11-14/h6-7,11,13,21H,2-5,8-10H2,1H3. The summed E-state index contributed by atoms with van der Waals surface area (Å²) in [7, 11) is 0. The number of nitriles is 1. The molecule has 0 saturated heterocycles. The third-order valence-electron chi connectivity index (χ3n) is 4.41. The number of halogens is 2. The van der Waals surface area contributed by atoms with Gasteiger partial charge in [0.05, 0.1) is 11.1 Å². The van der Waals surface area contributed by atoms with Crippen LogP contribution in [0.4, 0.5) is 5.69 Å². The Labute approximate surface area is 141 Å². The molecule has 0 radical (unpaired) electrons. The molecule has 1 aliphatic rings. The van der Waals surface area contributed by atoms with Crippen molar-refractivity contribution >= 4 is 33.2 Å². The van der Waals surface area contributed by atoms with Crippen molar-refractivity contribution in [2.75, 3.05) is 5.32 Å². The van der Waals surface area contributed by atoms with Crippen molar-refractivity contribution in [3.8, 4) is 6.07 Å². The predicted octanol–water partition coefficient (Wildman–Crippen LogP) is 6.16. The molecule has 2 rings (SSSR count). The molecule has 4 heteroatoms. The summed E-state index contributed by atoms with van der Waals surface area (Å²) in [5.41, 5.74) is 0.525. The Morgan fingerprint density at radius 3 is 2.90 bits per heavy atom. The Morgan fingerprint density at radius 2 is 2.24 bits per heavy atom. The summed E-state index contributed by atoms with van der Waals surface area (Å²) in [6, 6.07) is 8.30. The first-order valence-electron chi connectivity index (χ1n) is 7.73. The molecule has 2 unspecified atom stereocenters. The van der Waals surface area contributed by atoms with E-state index in [-0.39, 0.29) is 0 Å². The minimum Gasteiger partial charge on any atom is -0.367 e. The van der Waals surface area contributed by atoms with Crippen LogP contribution in [0.15, 0.2) is 22.7 Å². The van der Waals surface area contributed by atoms with E-state index in [2.05, 4.69) is 34.2 Å². The van der Waals surface area contributed by atoms with Crippen LogP contribution in [0.2, 0.25) is 5.02 Å². The maximum Gasteiger partial charge on any atom is 0.125 e. The van der Waals surface area contributed by atoms with Crippen molar-refractivity contribution in [2.24, 2.45) is 5.92 Å². The van der Waals surface area contributed by atoms with Crippen molar-refractivity contribution in [2.45, 2.75) is 57.4 Å². The fourth-order valence-corrected chi connectivity index (χ4v) is 3.72. The van der Waals surface area contributed by atoms with Gasteiger partial charge in [-0.1, -0.05) is 37.8 Å². The highest BCUT2D eigenvalue weighted by Gasteiger charge is 2.33. The predicted molar refractivity (Wildman–Crippen MR) is 92.6 cm³/mol. The third kappa shape index (κ3) is 4.37. The van der Waals surface area contributed by atoms with Crippen molar-refractivity contribution in [3.63, 3.8) is 0 Å². The second kappa shape index (κ2) is 7.51. The Morgan fingerprint density at radius 1 is 1.43 bits per heavy atom. The average molecular weight is 370 g/mol. The minimum absolute atomic E-state index is 0.435. The molecule has 0 bridgehead atoms. The van der Waals surface area contributed by atoms with Gasteiger partial charge in [-0.3, -0.25) is 0 Å². The normalized spacial score (nSPS) is 25.9. The summed E-state index contributed by atoms with van der Waals surface area (Å²) < 4.78 is 0.861. The van der Waals surface area contributed by atoms with E-state index in [0.29, 0.717) is 5.02 Å². The Bertz CT molecular complexity index is 526. The lowest BCUT2D eigenvalue weighted by Crippen LogP contribution is -2.36. The molecule has 1 aromatic carbocycles. The molecule has 21 heavy (non-hydrogen) atoms. The summed E-state index contributed by atoms with van der Waals surface area (Å²) in [5.74, 6) is 0.781. The Hall–Kier alpha value is -0.720. The van der Waals surface area contributed by atoms with Crippen LogP contribution in [0, 0.1) is 17.2 Å². The maximum absolute atomic E-state index is 9.72. The van der Waals surface area contributed by atoms with E-state index in [4.69, 9.17) is 11.6 Å². The van der Waals surface area contributed by atoms with Gasteiger partial charge in [-0.2, -0.15) is 5.26 Å². The van der Waals surface area contributed by atoms with Gasteiger partial charge >= 0.3 is 0 Å². The van der Waals surface area contributed by atoms with Crippen LogP contribution in [0.3, 0.4) is 0 Å². The van der Waals surface area contributed by atoms with E-state index in [1.165, 1.54) is 19.3 Å². The van der Waals surface area contributed by atoms with Crippen molar-refractivity contribution in [3.05, 3.63) is 27.7 Å². The molecule has 0 aromatic heterocycles. The number of nitrogens with zero attached hydrogens (tertiary/aromatic N) is 1. The van der Waals surface area contributed by atoms with Gasteiger partial charge in [0, 0.05) is 10.2 Å². The summed E-state index contributed by atoms with van der Waals surface area (Å²) in [6.45, 7) is 2.24. The number of hydrogen-bond acceptors (Lipinski definition) is 2. The molecular formula is C17H22BrClN2. The Kier molecular flexibility index (Phi) is 5.96. The molecule has 2 nitrogen and oxygen atoms in total. The van der Waals surface area contributed by atoms with E-state index < -0.39 is 5.54 Å². The zero-order chi connectivity index (χ0) is 15.3. The maximum atomic E-state index is 9.72. The van der Waals surface area contributed by atoms with E-state index in [1.54, 1.807) is 0 Å². The lowest BCUT2D eigenvalue weighted by Gasteiger charge is -2.28. The highest BCUT2D eigenvalue weighted by molar-refractivity contribution is 9.10. The molecular weight excluding hydrogens is 348 g/mol. The van der Waals surface area contributed by atoms with Crippen LogP contribution < -0.4 is 5.32 Å². The largest absolute Gasteiger partial charge is 0.367 e. The smallest absolute Gasteiger partial charge is 0.125 e. The number of anilines is 1. The average Bonchev–Trinajstić information content (AvgIpc) is 2.67. The third-order valence-corrected chi connectivity index (χ3v) is 5.62. The summed E-state index contributed by atoms with van der Waals surface area (Å²) in [4.78, 5) is 0. The zero-order valence-electron chi connectivity index (χ0n) is 12.5. The van der Waals surface area contributed by atoms with Crippen molar-refractivity contribution < 1.29 is 0 Å². The first-order valence-corrected chi connectivity index (χ1v) is 8.90. The van der Waals surface area contributed by atoms with Crippen LogP contribution in [-0.2, 0) is 0 Å². The van der Waals surface area contributed by atoms with Gasteiger partial charge < -0.3 is 5.32 Å². The molecule has 1 fully saturated rings. The molecule has 0 heterocycles. The number of rotatable bonds is 4. The monoisotopic (exact) mass is 368 g/mol. The van der Waals surface area contributed by atoms with E-state index >= 15 is 0 Å². The second-order valence-corrected chi connectivity index (χ2v) is 7.29. The zero-order valence-corrected chi connectivity index (χ0v) is 14.8. The summed E-state index contributed by atoms with van der Waals surface area (Å²) in [6.07, 6.45) is 7.89. The summed E-state index contributed by atoms with van der Waals surface area (Å²) >= 11 is 9.47. The van der Waals surface area contributed by atoms with Gasteiger partial charge in [0.2, 0.25) is 0 Å². The first kappa shape index (κ1) is 16.6. The molecule has 114 valence electrons. The van der Waals surface area contributed by atoms with Crippen LogP contribution in [0.5, 0.6) is 0 Å². The lowest BCUT2D eigenvalue weighted by molar-refractivity contribution is 0.416. The number of hydrogen-bond donors (Lipinski definition) is 1. The fraction of sp³-hybridized carbons (Fsp3) is 0.588. The molecule has 0 aliphatic heterocycles. The quantitative estimate of drug-likeness (QED) is 0.645. The van der Waals surface area contributed by atoms with Crippen LogP contribution in [0.1, 0.15) is 51.9 Å². The van der Waals surface area contributed by atoms with Gasteiger partial charge in [0.1, 0.15) is 5.54 Å². The van der Waals surface area contributed by atoms with Crippen LogP contribution in [0.25, 0.3) is 0 Å². The van der Waals surface area contributed by atoms with Crippen LogP contribution >= 0.6 is 27.5 Å². The highest BCUT2D eigenvalue weighted by atomic mass is 79.9. The molecule has 1 aromatic rings. The van der Waals surface area contributed by atoms with E-state index in [1.807, 2.05) is 18.2 Å². The van der Waals surface area contributed by atoms with Gasteiger partial charge in [-0.15, -0.1) is 0 Å². The first-order chi connectivity index (χ1) is 10.1. The molecule has 1 aliphatic carbocycles.